The molecule has 1 aromatic rings. The molecule has 0 saturated carbocycles. The van der Waals surface area contributed by atoms with Gasteiger partial charge in [0.1, 0.15) is 5.75 Å². The van der Waals surface area contributed by atoms with Crippen LogP contribution < -0.4 is 10.5 Å². The standard InChI is InChI=1S/C15H23BrN2O2.ClH/c1-15(2,9-17)10-18(3)14(19)8-11-7-12(16)5-6-13(11)20-4;/h5-7H,8-10,17H2,1-4H3;1H. The molecular weight excluding hydrogens is 356 g/mol. The number of benzene rings is 1. The van der Waals surface area contributed by atoms with E-state index in [1.165, 1.54) is 0 Å². The SMILES string of the molecule is COc1ccc(Br)cc1CC(=O)N(C)CC(C)(C)CN.Cl. The number of amides is 1. The van der Waals surface area contributed by atoms with E-state index in [1.54, 1.807) is 12.0 Å². The molecule has 0 aliphatic carbocycles. The van der Waals surface area contributed by atoms with Crippen LogP contribution in [0.5, 0.6) is 5.75 Å². The van der Waals surface area contributed by atoms with Crippen LogP contribution in [0.1, 0.15) is 19.4 Å². The third kappa shape index (κ3) is 6.24. The highest BCUT2D eigenvalue weighted by molar-refractivity contribution is 9.10. The first kappa shape index (κ1) is 20.2. The van der Waals surface area contributed by atoms with E-state index in [4.69, 9.17) is 10.5 Å². The molecule has 4 nitrogen and oxygen atoms in total. The first-order valence-electron chi connectivity index (χ1n) is 6.55. The Morgan fingerprint density at radius 1 is 1.43 bits per heavy atom. The van der Waals surface area contributed by atoms with Gasteiger partial charge in [0.25, 0.3) is 0 Å². The second-order valence-electron chi connectivity index (χ2n) is 5.75. The topological polar surface area (TPSA) is 55.6 Å². The number of methoxy groups -OCH3 is 1. The lowest BCUT2D eigenvalue weighted by molar-refractivity contribution is -0.130. The zero-order valence-electron chi connectivity index (χ0n) is 13.0. The van der Waals surface area contributed by atoms with Crippen LogP contribution in [0.4, 0.5) is 0 Å². The Morgan fingerprint density at radius 2 is 2.05 bits per heavy atom. The first-order chi connectivity index (χ1) is 9.29. The third-order valence-electron chi connectivity index (χ3n) is 3.23. The van der Waals surface area contributed by atoms with Crippen molar-refractivity contribution in [1.29, 1.82) is 0 Å². The van der Waals surface area contributed by atoms with Gasteiger partial charge < -0.3 is 15.4 Å². The molecule has 0 saturated heterocycles. The van der Waals surface area contributed by atoms with Gasteiger partial charge in [-0.15, -0.1) is 12.4 Å². The maximum absolute atomic E-state index is 12.3. The highest BCUT2D eigenvalue weighted by Crippen LogP contribution is 2.24. The van der Waals surface area contributed by atoms with E-state index in [-0.39, 0.29) is 23.7 Å². The summed E-state index contributed by atoms with van der Waals surface area (Å²) in [5.74, 6) is 0.788. The van der Waals surface area contributed by atoms with Crippen molar-refractivity contribution in [2.24, 2.45) is 11.1 Å². The molecule has 1 amide bonds. The zero-order chi connectivity index (χ0) is 15.3. The number of hydrogen-bond acceptors (Lipinski definition) is 3. The van der Waals surface area contributed by atoms with Gasteiger partial charge in [-0.25, -0.2) is 0 Å². The highest BCUT2D eigenvalue weighted by atomic mass is 79.9. The van der Waals surface area contributed by atoms with Gasteiger partial charge in [-0.1, -0.05) is 29.8 Å². The average Bonchev–Trinajstić information content (AvgIpc) is 2.38. The fourth-order valence-corrected chi connectivity index (χ4v) is 2.39. The van der Waals surface area contributed by atoms with Crippen molar-refractivity contribution >= 4 is 34.2 Å². The van der Waals surface area contributed by atoms with Crippen LogP contribution in [0, 0.1) is 5.41 Å². The summed E-state index contributed by atoms with van der Waals surface area (Å²) < 4.78 is 6.23. The van der Waals surface area contributed by atoms with E-state index in [2.05, 4.69) is 29.8 Å². The lowest BCUT2D eigenvalue weighted by atomic mass is 9.93. The van der Waals surface area contributed by atoms with Crippen LogP contribution in [-0.4, -0.2) is 38.1 Å². The molecule has 6 heteroatoms. The molecule has 0 spiro atoms. The van der Waals surface area contributed by atoms with Gasteiger partial charge in [-0.05, 0) is 30.2 Å². The molecule has 2 N–H and O–H groups in total. The maximum Gasteiger partial charge on any atom is 0.226 e. The van der Waals surface area contributed by atoms with Gasteiger partial charge in [-0.3, -0.25) is 4.79 Å². The molecule has 0 aliphatic rings. The molecule has 0 unspecified atom stereocenters. The minimum atomic E-state index is -0.0776. The van der Waals surface area contributed by atoms with Crippen molar-refractivity contribution in [2.45, 2.75) is 20.3 Å². The van der Waals surface area contributed by atoms with E-state index in [1.807, 2.05) is 25.2 Å². The Labute approximate surface area is 141 Å². The summed E-state index contributed by atoms with van der Waals surface area (Å²) >= 11 is 3.42. The number of likely N-dealkylation sites (N-methyl/N-ethyl adjacent to an activating group) is 1. The molecule has 0 aromatic heterocycles. The summed E-state index contributed by atoms with van der Waals surface area (Å²) in [5, 5.41) is 0. The Hall–Kier alpha value is -0.780. The summed E-state index contributed by atoms with van der Waals surface area (Å²) in [6.45, 7) is 5.29. The summed E-state index contributed by atoms with van der Waals surface area (Å²) in [6, 6.07) is 5.67. The van der Waals surface area contributed by atoms with Crippen molar-refractivity contribution in [2.75, 3.05) is 27.2 Å². The third-order valence-corrected chi connectivity index (χ3v) is 3.72. The normalized spacial score (nSPS) is 10.8. The van der Waals surface area contributed by atoms with Crippen molar-refractivity contribution in [1.82, 2.24) is 4.90 Å². The number of rotatable bonds is 6. The average molecular weight is 380 g/mol. The molecule has 120 valence electrons. The number of halogens is 2. The molecule has 1 aromatic carbocycles. The molecule has 0 radical (unpaired) electrons. The number of ether oxygens (including phenoxy) is 1. The van der Waals surface area contributed by atoms with E-state index in [0.717, 1.165) is 15.8 Å². The number of carbonyl (C=O) groups is 1. The molecule has 0 atom stereocenters. The summed E-state index contributed by atoms with van der Waals surface area (Å²) in [5.41, 5.74) is 6.51. The monoisotopic (exact) mass is 378 g/mol. The van der Waals surface area contributed by atoms with Gasteiger partial charge >= 0.3 is 0 Å². The lowest BCUT2D eigenvalue weighted by Crippen LogP contribution is -2.40. The Morgan fingerprint density at radius 3 is 2.57 bits per heavy atom. The van der Waals surface area contributed by atoms with Crippen LogP contribution in [0.2, 0.25) is 0 Å². The number of hydrogen-bond donors (Lipinski definition) is 1. The van der Waals surface area contributed by atoms with Gasteiger partial charge in [0.15, 0.2) is 0 Å². The fraction of sp³-hybridized carbons (Fsp3) is 0.533. The van der Waals surface area contributed by atoms with Crippen LogP contribution in [0.3, 0.4) is 0 Å². The molecule has 0 bridgehead atoms. The van der Waals surface area contributed by atoms with Gasteiger partial charge in [0.2, 0.25) is 5.91 Å². The lowest BCUT2D eigenvalue weighted by Gasteiger charge is -2.29. The number of carbonyl (C=O) groups excluding carboxylic acids is 1. The van der Waals surface area contributed by atoms with E-state index >= 15 is 0 Å². The van der Waals surface area contributed by atoms with Crippen LogP contribution in [0.15, 0.2) is 22.7 Å². The summed E-state index contributed by atoms with van der Waals surface area (Å²) in [6.07, 6.45) is 0.319. The molecule has 21 heavy (non-hydrogen) atoms. The minimum Gasteiger partial charge on any atom is -0.496 e. The molecule has 0 heterocycles. The number of nitrogens with zero attached hydrogens (tertiary/aromatic N) is 1. The molecule has 1 rings (SSSR count). The van der Waals surface area contributed by atoms with Crippen LogP contribution in [-0.2, 0) is 11.2 Å². The second-order valence-corrected chi connectivity index (χ2v) is 6.67. The predicted octanol–water partition coefficient (Wildman–Crippen LogP) is 2.87. The smallest absolute Gasteiger partial charge is 0.226 e. The van der Waals surface area contributed by atoms with Gasteiger partial charge in [-0.2, -0.15) is 0 Å². The Kier molecular flexibility index (Phi) is 8.29. The van der Waals surface area contributed by atoms with Crippen LogP contribution >= 0.6 is 28.3 Å². The largest absolute Gasteiger partial charge is 0.496 e. The predicted molar refractivity (Wildman–Crippen MR) is 92.1 cm³/mol. The van der Waals surface area contributed by atoms with Crippen LogP contribution in [0.25, 0.3) is 0 Å². The quantitative estimate of drug-likeness (QED) is 0.827. The molecule has 0 fully saturated rings. The zero-order valence-corrected chi connectivity index (χ0v) is 15.4. The summed E-state index contributed by atoms with van der Waals surface area (Å²) in [7, 11) is 3.42. The minimum absolute atomic E-state index is 0. The van der Waals surface area contributed by atoms with E-state index in [9.17, 15) is 4.79 Å². The first-order valence-corrected chi connectivity index (χ1v) is 7.35. The Balaban J connectivity index is 0.00000400. The van der Waals surface area contributed by atoms with E-state index in [0.29, 0.717) is 19.5 Å². The summed E-state index contributed by atoms with van der Waals surface area (Å²) in [4.78, 5) is 14.0. The molecular formula is C15H24BrClN2O2. The van der Waals surface area contributed by atoms with Gasteiger partial charge in [0.05, 0.1) is 13.5 Å². The fourth-order valence-electron chi connectivity index (χ4n) is 1.98. The van der Waals surface area contributed by atoms with E-state index < -0.39 is 0 Å². The van der Waals surface area contributed by atoms with Crippen molar-refractivity contribution in [3.05, 3.63) is 28.2 Å². The van der Waals surface area contributed by atoms with Crippen molar-refractivity contribution in [3.8, 4) is 5.75 Å². The maximum atomic E-state index is 12.3. The molecule has 0 aliphatic heterocycles. The Bertz CT molecular complexity index is 481. The number of nitrogens with two attached hydrogens (primary N) is 1. The van der Waals surface area contributed by atoms with Crippen molar-refractivity contribution < 1.29 is 9.53 Å². The van der Waals surface area contributed by atoms with Crippen molar-refractivity contribution in [3.63, 3.8) is 0 Å². The second kappa shape index (κ2) is 8.61. The van der Waals surface area contributed by atoms with Gasteiger partial charge in [0, 0.05) is 23.6 Å². The highest BCUT2D eigenvalue weighted by Gasteiger charge is 2.21.